The number of benzene rings is 3. The van der Waals surface area contributed by atoms with Crippen LogP contribution in [0.2, 0.25) is 35.2 Å². The number of rotatable bonds is 9. The third-order valence-electron chi connectivity index (χ3n) is 6.08. The summed E-state index contributed by atoms with van der Waals surface area (Å²) in [6.07, 6.45) is 3.19. The van der Waals surface area contributed by atoms with Crippen molar-refractivity contribution < 1.29 is 21.8 Å². The Bertz CT molecular complexity index is 2500. The number of aromatic nitrogens is 5. The van der Waals surface area contributed by atoms with Crippen LogP contribution < -0.4 is 9.44 Å². The number of pyridine rings is 1. The molecule has 0 spiro atoms. The molecule has 0 saturated carbocycles. The highest BCUT2D eigenvalue weighted by molar-refractivity contribution is 7.93. The number of halogens is 7. The first-order valence-corrected chi connectivity index (χ1v) is 20.5. The average Bonchev–Trinajstić information content (AvgIpc) is 3.69. The SMILES string of the molecule is O=S(=O)(Nc1nc(-c2cccnc2)ns1)c1c(Cl)cc(Cl)cc1Cl.O=[N+]([O-])c1ccc(Cl)c(-c2nsc(NS(=O)(=O)c3c(Cl)cc(Cl)cc3Cl)n2)c1. The van der Waals surface area contributed by atoms with Gasteiger partial charge < -0.3 is 0 Å². The summed E-state index contributed by atoms with van der Waals surface area (Å²) in [4.78, 5) is 21.8. The lowest BCUT2D eigenvalue weighted by atomic mass is 10.2. The van der Waals surface area contributed by atoms with Crippen LogP contribution in [0.15, 0.2) is 76.8 Å². The van der Waals surface area contributed by atoms with Crippen molar-refractivity contribution in [1.82, 2.24) is 23.7 Å². The van der Waals surface area contributed by atoms with Gasteiger partial charge in [0.05, 0.1) is 30.0 Å². The van der Waals surface area contributed by atoms with E-state index in [9.17, 15) is 26.9 Å². The third-order valence-corrected chi connectivity index (χ3v) is 12.9. The van der Waals surface area contributed by atoms with Gasteiger partial charge in [0.25, 0.3) is 25.7 Å². The molecular weight excluding hydrogens is 909 g/mol. The van der Waals surface area contributed by atoms with Crippen molar-refractivity contribution in [3.8, 4) is 22.8 Å². The van der Waals surface area contributed by atoms with Crippen LogP contribution in [0.1, 0.15) is 0 Å². The molecule has 2 N–H and O–H groups in total. The summed E-state index contributed by atoms with van der Waals surface area (Å²) in [5.74, 6) is 0.379. The normalized spacial score (nSPS) is 11.4. The summed E-state index contributed by atoms with van der Waals surface area (Å²) in [6.45, 7) is 0. The predicted molar refractivity (Wildman–Crippen MR) is 205 cm³/mol. The van der Waals surface area contributed by atoms with Crippen LogP contribution >= 0.6 is 104 Å². The molecule has 270 valence electrons. The van der Waals surface area contributed by atoms with E-state index in [4.69, 9.17) is 81.2 Å². The highest BCUT2D eigenvalue weighted by Gasteiger charge is 2.26. The minimum atomic E-state index is -4.20. The molecule has 0 aliphatic heterocycles. The Morgan fingerprint density at radius 1 is 0.654 bits per heavy atom. The van der Waals surface area contributed by atoms with E-state index in [0.29, 0.717) is 22.9 Å². The number of hydrogen-bond donors (Lipinski definition) is 2. The van der Waals surface area contributed by atoms with E-state index < -0.39 is 25.0 Å². The van der Waals surface area contributed by atoms with Crippen LogP contribution in [0, 0.1) is 10.1 Å². The molecule has 0 saturated heterocycles. The number of nitro groups is 1. The molecule has 3 aromatic heterocycles. The Morgan fingerprint density at radius 3 is 1.60 bits per heavy atom. The van der Waals surface area contributed by atoms with E-state index >= 15 is 0 Å². The Kier molecular flexibility index (Phi) is 12.7. The number of sulfonamides is 2. The van der Waals surface area contributed by atoms with E-state index in [-0.39, 0.29) is 72.3 Å². The summed E-state index contributed by atoms with van der Waals surface area (Å²) < 4.78 is 62.8. The zero-order valence-electron chi connectivity index (χ0n) is 24.8. The zero-order valence-corrected chi connectivity index (χ0v) is 33.3. The molecule has 14 nitrogen and oxygen atoms in total. The number of nitrogens with zero attached hydrogens (tertiary/aromatic N) is 6. The summed E-state index contributed by atoms with van der Waals surface area (Å²) in [7, 11) is -8.24. The fraction of sp³-hybridized carbons (Fsp3) is 0. The Morgan fingerprint density at radius 2 is 1.13 bits per heavy atom. The second-order valence-corrected chi connectivity index (χ2v) is 17.3. The third kappa shape index (κ3) is 9.50. The first-order chi connectivity index (χ1) is 24.4. The number of anilines is 2. The molecule has 6 rings (SSSR count). The van der Waals surface area contributed by atoms with Gasteiger partial charge in [-0.1, -0.05) is 81.2 Å². The summed E-state index contributed by atoms with van der Waals surface area (Å²) >= 11 is 43.0. The molecule has 0 aliphatic rings. The maximum Gasteiger partial charge on any atom is 0.270 e. The maximum absolute atomic E-state index is 12.6. The number of hydrogen-bond acceptors (Lipinski definition) is 13. The Balaban J connectivity index is 0.000000203. The minimum absolute atomic E-state index is 0.0182. The first-order valence-electron chi connectivity index (χ1n) is 13.3. The van der Waals surface area contributed by atoms with Crippen LogP contribution in [0.5, 0.6) is 0 Å². The maximum atomic E-state index is 12.6. The van der Waals surface area contributed by atoms with Crippen LogP contribution in [-0.2, 0) is 20.0 Å². The molecule has 0 unspecified atom stereocenters. The molecule has 0 radical (unpaired) electrons. The Hall–Kier alpha value is -3.14. The largest absolute Gasteiger partial charge is 0.270 e. The van der Waals surface area contributed by atoms with Crippen molar-refractivity contribution in [3.63, 3.8) is 0 Å². The van der Waals surface area contributed by atoms with Crippen molar-refractivity contribution in [1.29, 1.82) is 0 Å². The zero-order chi connectivity index (χ0) is 38.0. The van der Waals surface area contributed by atoms with E-state index in [1.54, 1.807) is 24.5 Å². The second-order valence-electron chi connectivity index (χ2n) is 9.62. The highest BCUT2D eigenvalue weighted by Crippen LogP contribution is 2.37. The minimum Gasteiger partial charge on any atom is -0.264 e. The van der Waals surface area contributed by atoms with Gasteiger partial charge in [-0.3, -0.25) is 24.5 Å². The van der Waals surface area contributed by atoms with Crippen LogP contribution in [0.3, 0.4) is 0 Å². The number of non-ortho nitro benzene ring substituents is 1. The number of nitrogens with one attached hydrogen (secondary N) is 2. The van der Waals surface area contributed by atoms with Crippen molar-refractivity contribution in [2.45, 2.75) is 9.79 Å². The van der Waals surface area contributed by atoms with Crippen molar-refractivity contribution in [3.05, 3.63) is 112 Å². The van der Waals surface area contributed by atoms with E-state index in [1.807, 2.05) is 0 Å². The quantitative estimate of drug-likeness (QED) is 0.103. The van der Waals surface area contributed by atoms with E-state index in [2.05, 4.69) is 33.1 Å². The van der Waals surface area contributed by atoms with Crippen LogP contribution in [-0.4, -0.2) is 45.5 Å². The van der Waals surface area contributed by atoms with Gasteiger partial charge >= 0.3 is 0 Å². The summed E-state index contributed by atoms with van der Waals surface area (Å²) in [5.41, 5.74) is 0.637. The first kappa shape index (κ1) is 40.1. The fourth-order valence-corrected chi connectivity index (χ4v) is 10.9. The van der Waals surface area contributed by atoms with Crippen molar-refractivity contribution in [2.75, 3.05) is 9.44 Å². The van der Waals surface area contributed by atoms with Crippen molar-refractivity contribution in [2.24, 2.45) is 0 Å². The molecule has 6 aromatic rings. The monoisotopic (exact) mass is 918 g/mol. The van der Waals surface area contributed by atoms with Gasteiger partial charge in [-0.15, -0.1) is 0 Å². The molecule has 52 heavy (non-hydrogen) atoms. The van der Waals surface area contributed by atoms with Crippen molar-refractivity contribution >= 4 is 140 Å². The van der Waals surface area contributed by atoms with Gasteiger partial charge in [0.2, 0.25) is 10.3 Å². The highest BCUT2D eigenvalue weighted by atomic mass is 35.5. The summed E-state index contributed by atoms with van der Waals surface area (Å²) in [5, 5.41) is 11.0. The smallest absolute Gasteiger partial charge is 0.264 e. The molecule has 0 atom stereocenters. The van der Waals surface area contributed by atoms with Crippen LogP contribution in [0.4, 0.5) is 16.0 Å². The fourth-order valence-electron chi connectivity index (χ4n) is 3.95. The average molecular weight is 922 g/mol. The van der Waals surface area contributed by atoms with Gasteiger partial charge in [0.1, 0.15) is 9.79 Å². The predicted octanol–water partition coefficient (Wildman–Crippen LogP) is 9.89. The van der Waals surface area contributed by atoms with Gasteiger partial charge in [0, 0.05) is 68.8 Å². The van der Waals surface area contributed by atoms with E-state index in [1.165, 1.54) is 42.5 Å². The van der Waals surface area contributed by atoms with E-state index in [0.717, 1.165) is 11.5 Å². The summed E-state index contributed by atoms with van der Waals surface area (Å²) in [6, 6.07) is 12.3. The second kappa shape index (κ2) is 16.5. The lowest BCUT2D eigenvalue weighted by Crippen LogP contribution is -2.14. The molecule has 3 heterocycles. The molecule has 3 aromatic carbocycles. The van der Waals surface area contributed by atoms with Gasteiger partial charge in [-0.05, 0) is 42.5 Å². The molecular formula is C27H13Cl7N8O6S4. The van der Waals surface area contributed by atoms with Gasteiger partial charge in [0.15, 0.2) is 11.6 Å². The lowest BCUT2D eigenvalue weighted by molar-refractivity contribution is -0.384. The number of nitro benzene ring substituents is 1. The molecule has 25 heteroatoms. The van der Waals surface area contributed by atoms with Gasteiger partial charge in [-0.25, -0.2) is 16.8 Å². The topological polar surface area (TPSA) is 200 Å². The molecule has 0 amide bonds. The Labute approximate surface area is 337 Å². The van der Waals surface area contributed by atoms with Crippen LogP contribution in [0.25, 0.3) is 22.8 Å². The molecule has 0 aliphatic carbocycles. The van der Waals surface area contributed by atoms with Gasteiger partial charge in [-0.2, -0.15) is 18.7 Å². The lowest BCUT2D eigenvalue weighted by Gasteiger charge is -2.09. The molecule has 0 fully saturated rings. The standard InChI is InChI=1S/C14H6Cl4N4O4S2.C13H7Cl3N4O2S2/c15-6-3-10(17)12(11(18)4-6)28(25,26)21-14-19-13(20-27-14)8-5-7(22(23)24)1-2-9(8)16;14-8-4-9(15)11(10(16)5-8)24(21,22)20-13-18-12(19-23-13)7-2-1-3-17-6-7/h1-5H,(H,19,20,21);1-6H,(H,18,19,20). The molecule has 0 bridgehead atoms.